The highest BCUT2D eigenvalue weighted by atomic mass is 32.2. The number of nitrogens with one attached hydrogen (secondary N) is 1. The van der Waals surface area contributed by atoms with E-state index >= 15 is 0 Å². The van der Waals surface area contributed by atoms with Gasteiger partial charge in [0.15, 0.2) is 5.82 Å². The number of nitrogens with two attached hydrogens (primary N) is 1. The van der Waals surface area contributed by atoms with Gasteiger partial charge in [0.1, 0.15) is 6.26 Å². The smallest absolute Gasteiger partial charge is 0.304 e. The van der Waals surface area contributed by atoms with E-state index in [-0.39, 0.29) is 17.5 Å². The van der Waals surface area contributed by atoms with E-state index in [0.29, 0.717) is 0 Å². The molecule has 8 heteroatoms. The Morgan fingerprint density at radius 3 is 2.79 bits per heavy atom. The minimum absolute atomic E-state index is 0.0550. The molecule has 0 bridgehead atoms. The van der Waals surface area contributed by atoms with E-state index in [9.17, 15) is 13.2 Å². The second-order valence-electron chi connectivity index (χ2n) is 2.41. The molecule has 1 aromatic heterocycles. The van der Waals surface area contributed by atoms with Crippen LogP contribution in [0.25, 0.3) is 0 Å². The van der Waals surface area contributed by atoms with Crippen molar-refractivity contribution < 1.29 is 17.6 Å². The van der Waals surface area contributed by atoms with Gasteiger partial charge in [0.05, 0.1) is 5.75 Å². The molecule has 7 nitrogen and oxygen atoms in total. The number of oxazole rings is 1. The molecule has 1 heterocycles. The van der Waals surface area contributed by atoms with Gasteiger partial charge in [-0.05, 0) is 6.92 Å². The summed E-state index contributed by atoms with van der Waals surface area (Å²) in [5.41, 5.74) is 4.85. The number of anilines is 1. The molecule has 0 unspecified atom stereocenters. The van der Waals surface area contributed by atoms with Crippen LogP contribution in [0, 0.1) is 0 Å². The molecule has 0 aromatic carbocycles. The predicted molar refractivity (Wildman–Crippen MR) is 48.1 cm³/mol. The lowest BCUT2D eigenvalue weighted by Crippen LogP contribution is -2.15. The van der Waals surface area contributed by atoms with Gasteiger partial charge in [0.2, 0.25) is 10.0 Å². The summed E-state index contributed by atoms with van der Waals surface area (Å²) in [7, 11) is -3.41. The van der Waals surface area contributed by atoms with E-state index in [1.165, 1.54) is 6.92 Å². The molecule has 0 aliphatic carbocycles. The monoisotopic (exact) mass is 219 g/mol. The van der Waals surface area contributed by atoms with Crippen LogP contribution in [0.5, 0.6) is 0 Å². The summed E-state index contributed by atoms with van der Waals surface area (Å²) in [6, 6.07) is 0. The molecule has 0 aliphatic rings. The fourth-order valence-corrected chi connectivity index (χ4v) is 1.22. The highest BCUT2D eigenvalue weighted by Gasteiger charge is 2.13. The summed E-state index contributed by atoms with van der Waals surface area (Å²) in [6.07, 6.45) is 1.01. The fraction of sp³-hybridized carbons (Fsp3) is 0.333. The van der Waals surface area contributed by atoms with Crippen LogP contribution in [0.3, 0.4) is 0 Å². The standard InChI is InChI=1S/C6H9N3O4S/c1-2-14(11,12)9-4-3-13-6(8-4)5(7)10/h3,9H,2H2,1H3,(H2,7,10). The van der Waals surface area contributed by atoms with Gasteiger partial charge in [-0.2, -0.15) is 4.98 Å². The molecular weight excluding hydrogens is 210 g/mol. The van der Waals surface area contributed by atoms with Gasteiger partial charge in [0, 0.05) is 0 Å². The molecule has 0 fully saturated rings. The molecule has 14 heavy (non-hydrogen) atoms. The van der Waals surface area contributed by atoms with Gasteiger partial charge in [-0.25, -0.2) is 8.42 Å². The third kappa shape index (κ3) is 2.46. The average molecular weight is 219 g/mol. The van der Waals surface area contributed by atoms with Crippen LogP contribution >= 0.6 is 0 Å². The molecular formula is C6H9N3O4S. The van der Waals surface area contributed by atoms with E-state index in [1.54, 1.807) is 0 Å². The minimum atomic E-state index is -3.41. The molecule has 0 spiro atoms. The molecule has 0 radical (unpaired) electrons. The number of aromatic nitrogens is 1. The Kier molecular flexibility index (Phi) is 2.75. The first-order valence-corrected chi connectivity index (χ1v) is 5.35. The molecule has 1 rings (SSSR count). The molecule has 0 aliphatic heterocycles. The Bertz CT molecular complexity index is 436. The first-order chi connectivity index (χ1) is 6.44. The molecule has 1 amide bonds. The van der Waals surface area contributed by atoms with Crippen molar-refractivity contribution in [2.45, 2.75) is 6.92 Å². The maximum absolute atomic E-state index is 11.0. The molecule has 1 aromatic rings. The van der Waals surface area contributed by atoms with Crippen LogP contribution in [0.4, 0.5) is 5.82 Å². The van der Waals surface area contributed by atoms with Crippen LogP contribution in [0.1, 0.15) is 17.6 Å². The largest absolute Gasteiger partial charge is 0.439 e. The highest BCUT2D eigenvalue weighted by Crippen LogP contribution is 2.08. The highest BCUT2D eigenvalue weighted by molar-refractivity contribution is 7.92. The van der Waals surface area contributed by atoms with Crippen LogP contribution in [-0.2, 0) is 10.0 Å². The zero-order valence-corrected chi connectivity index (χ0v) is 8.17. The van der Waals surface area contributed by atoms with Crippen molar-refractivity contribution in [2.24, 2.45) is 5.73 Å². The quantitative estimate of drug-likeness (QED) is 0.710. The number of primary amides is 1. The number of hydrogen-bond acceptors (Lipinski definition) is 5. The summed E-state index contributed by atoms with van der Waals surface area (Å²) in [5.74, 6) is -1.34. The Morgan fingerprint density at radius 1 is 1.71 bits per heavy atom. The van der Waals surface area contributed by atoms with Gasteiger partial charge in [0.25, 0.3) is 5.89 Å². The molecule has 0 saturated heterocycles. The molecule has 0 saturated carbocycles. The van der Waals surface area contributed by atoms with Gasteiger partial charge in [-0.3, -0.25) is 9.52 Å². The zero-order valence-electron chi connectivity index (χ0n) is 7.35. The number of carbonyl (C=O) groups excluding carboxylic acids is 1. The summed E-state index contributed by atoms with van der Waals surface area (Å²) in [5, 5.41) is 0. The van der Waals surface area contributed by atoms with Crippen LogP contribution in [0.15, 0.2) is 10.7 Å². The summed E-state index contributed by atoms with van der Waals surface area (Å²) in [4.78, 5) is 14.0. The topological polar surface area (TPSA) is 115 Å². The SMILES string of the molecule is CCS(=O)(=O)Nc1coc(C(N)=O)n1. The lowest BCUT2D eigenvalue weighted by molar-refractivity contribution is 0.0967. The van der Waals surface area contributed by atoms with E-state index in [4.69, 9.17) is 5.73 Å². The summed E-state index contributed by atoms with van der Waals surface area (Å²) >= 11 is 0. The maximum Gasteiger partial charge on any atom is 0.304 e. The fourth-order valence-electron chi connectivity index (χ4n) is 0.665. The maximum atomic E-state index is 11.0. The van der Waals surface area contributed by atoms with Crippen LogP contribution in [0.2, 0.25) is 0 Å². The zero-order chi connectivity index (χ0) is 10.8. The summed E-state index contributed by atoms with van der Waals surface area (Å²) < 4.78 is 28.8. The number of rotatable bonds is 4. The van der Waals surface area contributed by atoms with Gasteiger partial charge < -0.3 is 10.2 Å². The number of nitrogens with zero attached hydrogens (tertiary/aromatic N) is 1. The van der Waals surface area contributed by atoms with Crippen molar-refractivity contribution >= 4 is 21.7 Å². The number of carbonyl (C=O) groups is 1. The Hall–Kier alpha value is -1.57. The second kappa shape index (κ2) is 3.66. The number of sulfonamides is 1. The lowest BCUT2D eigenvalue weighted by Gasteiger charge is -1.99. The summed E-state index contributed by atoms with van der Waals surface area (Å²) in [6.45, 7) is 1.47. The minimum Gasteiger partial charge on any atom is -0.439 e. The van der Waals surface area contributed by atoms with E-state index in [2.05, 4.69) is 14.1 Å². The van der Waals surface area contributed by atoms with Crippen molar-refractivity contribution in [1.82, 2.24) is 4.98 Å². The van der Waals surface area contributed by atoms with Gasteiger partial charge >= 0.3 is 5.91 Å². The number of amides is 1. The average Bonchev–Trinajstić information content (AvgIpc) is 2.52. The Labute approximate surface area is 80.4 Å². The van der Waals surface area contributed by atoms with E-state index in [0.717, 1.165) is 6.26 Å². The van der Waals surface area contributed by atoms with E-state index < -0.39 is 15.9 Å². The van der Waals surface area contributed by atoms with Gasteiger partial charge in [-0.15, -0.1) is 0 Å². The van der Waals surface area contributed by atoms with Crippen molar-refractivity contribution in [2.75, 3.05) is 10.5 Å². The van der Waals surface area contributed by atoms with Crippen molar-refractivity contribution in [3.63, 3.8) is 0 Å². The van der Waals surface area contributed by atoms with Crippen molar-refractivity contribution in [3.05, 3.63) is 12.2 Å². The Morgan fingerprint density at radius 2 is 2.36 bits per heavy atom. The van der Waals surface area contributed by atoms with Crippen molar-refractivity contribution in [1.29, 1.82) is 0 Å². The van der Waals surface area contributed by atoms with Gasteiger partial charge in [-0.1, -0.05) is 0 Å². The van der Waals surface area contributed by atoms with Crippen LogP contribution < -0.4 is 10.5 Å². The second-order valence-corrected chi connectivity index (χ2v) is 4.42. The predicted octanol–water partition coefficient (Wildman–Crippen LogP) is -0.465. The van der Waals surface area contributed by atoms with Crippen molar-refractivity contribution in [3.8, 4) is 0 Å². The lowest BCUT2D eigenvalue weighted by atomic mass is 10.6. The molecule has 0 atom stereocenters. The third-order valence-electron chi connectivity index (χ3n) is 1.36. The molecule has 3 N–H and O–H groups in total. The number of hydrogen-bond donors (Lipinski definition) is 2. The normalized spacial score (nSPS) is 11.2. The molecule has 78 valence electrons. The Balaban J connectivity index is 2.84. The first kappa shape index (κ1) is 10.5. The third-order valence-corrected chi connectivity index (χ3v) is 2.64. The van der Waals surface area contributed by atoms with Crippen LogP contribution in [-0.4, -0.2) is 25.1 Å². The first-order valence-electron chi connectivity index (χ1n) is 3.70. The van der Waals surface area contributed by atoms with E-state index in [1.807, 2.05) is 0 Å².